The molecule has 0 fully saturated rings. The summed E-state index contributed by atoms with van der Waals surface area (Å²) in [5.74, 6) is 2.62. The Morgan fingerprint density at radius 3 is 2.45 bits per heavy atom. The van der Waals surface area contributed by atoms with Gasteiger partial charge in [-0.3, -0.25) is 0 Å². The molecule has 0 saturated heterocycles. The second-order valence-electron chi connectivity index (χ2n) is 3.92. The van der Waals surface area contributed by atoms with E-state index < -0.39 is 0 Å². The van der Waals surface area contributed by atoms with Crippen molar-refractivity contribution >= 4 is 0 Å². The maximum Gasteiger partial charge on any atom is 0.0517 e. The lowest BCUT2D eigenvalue weighted by Crippen LogP contribution is -2.18. The zero-order valence-electron chi connectivity index (χ0n) is 7.72. The number of aliphatic hydroxyl groups excluding tert-OH is 1. The van der Waals surface area contributed by atoms with Crippen molar-refractivity contribution in [1.29, 1.82) is 0 Å². The molecule has 0 aliphatic heterocycles. The van der Waals surface area contributed by atoms with E-state index in [9.17, 15) is 0 Å². The van der Waals surface area contributed by atoms with Gasteiger partial charge in [-0.15, -0.1) is 12.3 Å². The van der Waals surface area contributed by atoms with Crippen LogP contribution < -0.4 is 0 Å². The molecule has 0 aromatic carbocycles. The average molecular weight is 154 g/mol. The molecule has 0 bridgehead atoms. The Morgan fingerprint density at radius 2 is 2.09 bits per heavy atom. The first-order valence-corrected chi connectivity index (χ1v) is 4.09. The molecule has 11 heavy (non-hydrogen) atoms. The highest BCUT2D eigenvalue weighted by Crippen LogP contribution is 2.27. The fraction of sp³-hybridized carbons (Fsp3) is 0.800. The van der Waals surface area contributed by atoms with Gasteiger partial charge in [0.2, 0.25) is 0 Å². The van der Waals surface area contributed by atoms with Crippen molar-refractivity contribution in [3.8, 4) is 12.3 Å². The predicted octanol–water partition coefficient (Wildman–Crippen LogP) is 2.20. The molecule has 0 spiro atoms. The highest BCUT2D eigenvalue weighted by Gasteiger charge is 2.18. The molecular weight excluding hydrogens is 136 g/mol. The van der Waals surface area contributed by atoms with Crippen LogP contribution in [0.1, 0.15) is 40.0 Å². The second-order valence-corrected chi connectivity index (χ2v) is 3.92. The van der Waals surface area contributed by atoms with Crippen molar-refractivity contribution in [2.75, 3.05) is 0 Å². The molecule has 1 nitrogen and oxygen atoms in total. The van der Waals surface area contributed by atoms with Crippen LogP contribution >= 0.6 is 0 Å². The molecule has 0 amide bonds. The van der Waals surface area contributed by atoms with Crippen molar-refractivity contribution in [3.05, 3.63) is 0 Å². The Morgan fingerprint density at radius 1 is 1.55 bits per heavy atom. The Hall–Kier alpha value is -0.480. The third kappa shape index (κ3) is 5.94. The third-order valence-electron chi connectivity index (χ3n) is 1.79. The second kappa shape index (κ2) is 4.41. The molecule has 1 N–H and O–H groups in total. The van der Waals surface area contributed by atoms with E-state index in [0.29, 0.717) is 0 Å². The van der Waals surface area contributed by atoms with Crippen molar-refractivity contribution in [2.24, 2.45) is 5.41 Å². The van der Waals surface area contributed by atoms with Crippen molar-refractivity contribution in [2.45, 2.75) is 46.1 Å². The lowest BCUT2D eigenvalue weighted by Gasteiger charge is -2.24. The van der Waals surface area contributed by atoms with Gasteiger partial charge in [0.1, 0.15) is 0 Å². The first-order chi connectivity index (χ1) is 4.98. The summed E-state index contributed by atoms with van der Waals surface area (Å²) in [7, 11) is 0. The molecule has 0 aromatic heterocycles. The lowest BCUT2D eigenvalue weighted by molar-refractivity contribution is 0.125. The smallest absolute Gasteiger partial charge is 0.0517 e. The quantitative estimate of drug-likeness (QED) is 0.615. The van der Waals surface area contributed by atoms with Gasteiger partial charge in [-0.1, -0.05) is 13.8 Å². The van der Waals surface area contributed by atoms with Crippen LogP contribution in [0.25, 0.3) is 0 Å². The molecule has 0 rings (SSSR count). The summed E-state index contributed by atoms with van der Waals surface area (Å²) >= 11 is 0. The number of hydrogen-bond acceptors (Lipinski definition) is 1. The Balaban J connectivity index is 3.72. The van der Waals surface area contributed by atoms with E-state index in [1.54, 1.807) is 0 Å². The maximum atomic E-state index is 9.14. The van der Waals surface area contributed by atoms with E-state index in [0.717, 1.165) is 19.3 Å². The van der Waals surface area contributed by atoms with E-state index in [-0.39, 0.29) is 11.5 Å². The molecule has 1 atom stereocenters. The van der Waals surface area contributed by atoms with Crippen LogP contribution in [0.5, 0.6) is 0 Å². The predicted molar refractivity (Wildman–Crippen MR) is 48.1 cm³/mol. The van der Waals surface area contributed by atoms with E-state index >= 15 is 0 Å². The van der Waals surface area contributed by atoms with Crippen molar-refractivity contribution in [1.82, 2.24) is 0 Å². The highest BCUT2D eigenvalue weighted by molar-refractivity contribution is 4.86. The molecule has 64 valence electrons. The zero-order valence-corrected chi connectivity index (χ0v) is 7.72. The van der Waals surface area contributed by atoms with Crippen LogP contribution in [0.4, 0.5) is 0 Å². The van der Waals surface area contributed by atoms with Gasteiger partial charge in [0.15, 0.2) is 0 Å². The Labute approximate surface area is 69.8 Å². The van der Waals surface area contributed by atoms with Crippen LogP contribution in [-0.4, -0.2) is 11.2 Å². The van der Waals surface area contributed by atoms with Crippen LogP contribution in [0.3, 0.4) is 0 Å². The summed E-state index contributed by atoms with van der Waals surface area (Å²) in [6.07, 6.45) is 7.56. The van der Waals surface area contributed by atoms with Crippen LogP contribution in [0.2, 0.25) is 0 Å². The summed E-state index contributed by atoms with van der Waals surface area (Å²) in [4.78, 5) is 0. The summed E-state index contributed by atoms with van der Waals surface area (Å²) in [5.41, 5.74) is 0.181. The molecule has 0 aromatic rings. The van der Waals surface area contributed by atoms with Gasteiger partial charge in [-0.2, -0.15) is 0 Å². The average Bonchev–Trinajstić information content (AvgIpc) is 1.81. The van der Waals surface area contributed by atoms with E-state index in [1.807, 2.05) is 6.92 Å². The van der Waals surface area contributed by atoms with E-state index in [2.05, 4.69) is 19.8 Å². The van der Waals surface area contributed by atoms with Crippen LogP contribution in [0, 0.1) is 17.8 Å². The summed E-state index contributed by atoms with van der Waals surface area (Å²) < 4.78 is 0. The van der Waals surface area contributed by atoms with E-state index in [1.165, 1.54) is 0 Å². The van der Waals surface area contributed by atoms with Gasteiger partial charge in [0.05, 0.1) is 6.10 Å². The molecule has 0 aliphatic rings. The molecular formula is C10H18O. The fourth-order valence-electron chi connectivity index (χ4n) is 1.31. The molecule has 0 radical (unpaired) electrons. The normalized spacial score (nSPS) is 14.1. The van der Waals surface area contributed by atoms with Gasteiger partial charge in [0, 0.05) is 6.42 Å². The van der Waals surface area contributed by atoms with Gasteiger partial charge in [0.25, 0.3) is 0 Å². The first kappa shape index (κ1) is 10.5. The minimum Gasteiger partial charge on any atom is -0.393 e. The van der Waals surface area contributed by atoms with Gasteiger partial charge in [-0.05, 0) is 25.2 Å². The van der Waals surface area contributed by atoms with Gasteiger partial charge < -0.3 is 5.11 Å². The van der Waals surface area contributed by atoms with Gasteiger partial charge in [-0.25, -0.2) is 0 Å². The molecule has 1 heteroatoms. The minimum absolute atomic E-state index is 0.181. The SMILES string of the molecule is C#CCCC(C)(C)CC(C)O. The molecule has 1 unspecified atom stereocenters. The monoisotopic (exact) mass is 154 g/mol. The molecule has 0 aliphatic carbocycles. The fourth-order valence-corrected chi connectivity index (χ4v) is 1.31. The lowest BCUT2D eigenvalue weighted by atomic mass is 9.83. The number of hydrogen-bond donors (Lipinski definition) is 1. The maximum absolute atomic E-state index is 9.14. The number of terminal acetylenes is 1. The first-order valence-electron chi connectivity index (χ1n) is 4.09. The van der Waals surface area contributed by atoms with Crippen LogP contribution in [-0.2, 0) is 0 Å². The zero-order chi connectivity index (χ0) is 8.91. The Bertz CT molecular complexity index is 139. The molecule has 0 heterocycles. The number of rotatable bonds is 4. The van der Waals surface area contributed by atoms with Crippen LogP contribution in [0.15, 0.2) is 0 Å². The van der Waals surface area contributed by atoms with Gasteiger partial charge >= 0.3 is 0 Å². The minimum atomic E-state index is -0.220. The van der Waals surface area contributed by atoms with Crippen molar-refractivity contribution < 1.29 is 5.11 Å². The summed E-state index contributed by atoms with van der Waals surface area (Å²) in [6.45, 7) is 6.09. The largest absolute Gasteiger partial charge is 0.393 e. The third-order valence-corrected chi connectivity index (χ3v) is 1.79. The highest BCUT2D eigenvalue weighted by atomic mass is 16.3. The van der Waals surface area contributed by atoms with E-state index in [4.69, 9.17) is 11.5 Å². The topological polar surface area (TPSA) is 20.2 Å². The Kier molecular flexibility index (Phi) is 4.22. The summed E-state index contributed by atoms with van der Waals surface area (Å²) in [6, 6.07) is 0. The van der Waals surface area contributed by atoms with Crippen molar-refractivity contribution in [3.63, 3.8) is 0 Å². The number of aliphatic hydroxyl groups is 1. The molecule has 0 saturated carbocycles. The summed E-state index contributed by atoms with van der Waals surface area (Å²) in [5, 5.41) is 9.14. The standard InChI is InChI=1S/C10H18O/c1-5-6-7-10(3,4)8-9(2)11/h1,9,11H,6-8H2,2-4H3.